The number of benzene rings is 1. The summed E-state index contributed by atoms with van der Waals surface area (Å²) in [6.07, 6.45) is 3.38. The number of nitrogens with one attached hydrogen (secondary N) is 2. The van der Waals surface area contributed by atoms with Gasteiger partial charge in [0.15, 0.2) is 0 Å². The van der Waals surface area contributed by atoms with Crippen LogP contribution in [0.4, 0.5) is 5.95 Å². The quantitative estimate of drug-likeness (QED) is 0.439. The molecule has 2 aliphatic rings. The second-order valence-corrected chi connectivity index (χ2v) is 11.2. The van der Waals surface area contributed by atoms with Gasteiger partial charge in [0.05, 0.1) is 34.2 Å². The Morgan fingerprint density at radius 1 is 1.24 bits per heavy atom. The zero-order chi connectivity index (χ0) is 26.1. The molecule has 194 valence electrons. The Hall–Kier alpha value is -3.01. The molecule has 0 bridgehead atoms. The lowest BCUT2D eigenvalue weighted by molar-refractivity contribution is -0.125. The second kappa shape index (κ2) is 10.8. The minimum absolute atomic E-state index is 0.155. The number of thiophene rings is 1. The number of fused-ring (bicyclic) bond motifs is 1. The number of amides is 2. The number of aromatic nitrogens is 2. The Morgan fingerprint density at radius 3 is 2.76 bits per heavy atom. The van der Waals surface area contributed by atoms with Crippen LogP contribution in [0.2, 0.25) is 5.02 Å². The van der Waals surface area contributed by atoms with Crippen LogP contribution in [-0.2, 0) is 16.1 Å². The number of hydrogen-bond acceptors (Lipinski definition) is 7. The number of anilines is 1. The molecule has 1 fully saturated rings. The lowest BCUT2D eigenvalue weighted by Crippen LogP contribution is -2.45. The average molecular weight is 540 g/mol. The van der Waals surface area contributed by atoms with Gasteiger partial charge in [0, 0.05) is 24.1 Å². The summed E-state index contributed by atoms with van der Waals surface area (Å²) in [7, 11) is 0. The number of nitrogens with zero attached hydrogens (tertiary/aromatic N) is 3. The van der Waals surface area contributed by atoms with Gasteiger partial charge >= 0.3 is 0 Å². The molecule has 0 spiro atoms. The number of carbonyl (C=O) groups is 2. The van der Waals surface area contributed by atoms with Crippen molar-refractivity contribution in [3.8, 4) is 10.6 Å². The molecule has 8 nitrogen and oxygen atoms in total. The van der Waals surface area contributed by atoms with Crippen molar-refractivity contribution in [2.75, 3.05) is 18.5 Å². The van der Waals surface area contributed by atoms with E-state index in [0.29, 0.717) is 28.8 Å². The van der Waals surface area contributed by atoms with Gasteiger partial charge in [0.1, 0.15) is 11.7 Å². The molecule has 2 atom stereocenters. The van der Waals surface area contributed by atoms with E-state index in [1.165, 1.54) is 11.3 Å². The third-order valence-electron chi connectivity index (χ3n) is 6.89. The molecular weight excluding hydrogens is 510 g/mol. The molecule has 1 saturated heterocycles. The fourth-order valence-corrected chi connectivity index (χ4v) is 6.07. The van der Waals surface area contributed by atoms with Crippen LogP contribution in [0.5, 0.6) is 0 Å². The average Bonchev–Trinajstić information content (AvgIpc) is 3.44. The molecule has 2 aliphatic heterocycles. The molecule has 2 amide bonds. The fraction of sp³-hybridized carbons (Fsp3) is 0.407. The van der Waals surface area contributed by atoms with E-state index in [1.54, 1.807) is 18.0 Å². The molecule has 2 N–H and O–H groups in total. The molecule has 2 aromatic heterocycles. The first-order valence-electron chi connectivity index (χ1n) is 12.5. The summed E-state index contributed by atoms with van der Waals surface area (Å²) in [5, 5.41) is 6.84. The van der Waals surface area contributed by atoms with Gasteiger partial charge in [-0.2, -0.15) is 0 Å². The zero-order valence-electron chi connectivity index (χ0n) is 21.1. The lowest BCUT2D eigenvalue weighted by atomic mass is 10.1. The highest BCUT2D eigenvalue weighted by Gasteiger charge is 2.36. The van der Waals surface area contributed by atoms with Gasteiger partial charge in [-0.1, -0.05) is 41.4 Å². The van der Waals surface area contributed by atoms with Crippen LogP contribution in [0, 0.1) is 6.92 Å². The van der Waals surface area contributed by atoms with Crippen LogP contribution in [0.25, 0.3) is 10.6 Å². The van der Waals surface area contributed by atoms with Crippen LogP contribution < -0.4 is 10.6 Å². The summed E-state index contributed by atoms with van der Waals surface area (Å²) in [6, 6.07) is 9.38. The normalized spacial score (nSPS) is 17.4. The number of ether oxygens (including phenoxy) is 1. The maximum atomic E-state index is 13.3. The number of hydrogen-bond donors (Lipinski definition) is 2. The molecule has 0 saturated carbocycles. The topological polar surface area (TPSA) is 96.5 Å². The highest BCUT2D eigenvalue weighted by molar-refractivity contribution is 7.16. The maximum Gasteiger partial charge on any atom is 0.256 e. The largest absolute Gasteiger partial charge is 0.381 e. The second-order valence-electron chi connectivity index (χ2n) is 9.62. The third-order valence-corrected chi connectivity index (χ3v) is 8.30. The molecule has 4 heterocycles. The standard InChI is InChI=1S/C27H30ClN5O3S/c1-15-5-4-6-18(11-15)16(2)30-25(34)17(3)33-14-23-20(26(33)35)12-22(37-23)24-21(28)13-29-27(32-24)31-19-7-9-36-10-8-19/h4-6,11-13,16-17,19H,7-10,14H2,1-3H3,(H,30,34)(H,29,31,32)/t16-,17-/m1/s1. The summed E-state index contributed by atoms with van der Waals surface area (Å²) in [5.74, 6) is 0.176. The first kappa shape index (κ1) is 25.6. The Morgan fingerprint density at radius 2 is 2.03 bits per heavy atom. The maximum absolute atomic E-state index is 13.3. The SMILES string of the molecule is Cc1cccc([C@@H](C)NC(=O)[C@@H](C)N2Cc3sc(-c4nc(NC5CCOCC5)ncc4Cl)cc3C2=O)c1. The van der Waals surface area contributed by atoms with Crippen molar-refractivity contribution >= 4 is 40.7 Å². The van der Waals surface area contributed by atoms with Crippen molar-refractivity contribution in [2.24, 2.45) is 0 Å². The van der Waals surface area contributed by atoms with Gasteiger partial charge in [0.25, 0.3) is 5.91 Å². The van der Waals surface area contributed by atoms with E-state index < -0.39 is 6.04 Å². The van der Waals surface area contributed by atoms with Gasteiger partial charge in [-0.3, -0.25) is 9.59 Å². The summed E-state index contributed by atoms with van der Waals surface area (Å²) in [4.78, 5) is 38.6. The minimum Gasteiger partial charge on any atom is -0.381 e. The molecule has 3 aromatic rings. The summed E-state index contributed by atoms with van der Waals surface area (Å²) < 4.78 is 5.42. The third kappa shape index (κ3) is 5.49. The molecule has 0 radical (unpaired) electrons. The van der Waals surface area contributed by atoms with Gasteiger partial charge in [-0.15, -0.1) is 11.3 Å². The van der Waals surface area contributed by atoms with Crippen LogP contribution >= 0.6 is 22.9 Å². The van der Waals surface area contributed by atoms with Crippen molar-refractivity contribution in [3.05, 3.63) is 63.1 Å². The predicted octanol–water partition coefficient (Wildman–Crippen LogP) is 4.98. The summed E-state index contributed by atoms with van der Waals surface area (Å²) in [5.41, 5.74) is 3.36. The Labute approximate surface area is 225 Å². The van der Waals surface area contributed by atoms with Crippen molar-refractivity contribution in [2.45, 2.75) is 58.3 Å². The monoisotopic (exact) mass is 539 g/mol. The Bertz CT molecular complexity index is 1320. The van der Waals surface area contributed by atoms with Gasteiger partial charge < -0.3 is 20.3 Å². The van der Waals surface area contributed by atoms with E-state index in [4.69, 9.17) is 16.3 Å². The van der Waals surface area contributed by atoms with Crippen molar-refractivity contribution in [3.63, 3.8) is 0 Å². The molecule has 10 heteroatoms. The Balaban J connectivity index is 1.27. The van der Waals surface area contributed by atoms with E-state index in [0.717, 1.165) is 46.9 Å². The first-order chi connectivity index (χ1) is 17.8. The first-order valence-corrected chi connectivity index (χ1v) is 13.7. The van der Waals surface area contributed by atoms with E-state index in [-0.39, 0.29) is 23.9 Å². The van der Waals surface area contributed by atoms with Crippen LogP contribution in [-0.4, -0.2) is 52.0 Å². The molecular formula is C27H30ClN5O3S. The van der Waals surface area contributed by atoms with Crippen molar-refractivity contribution < 1.29 is 14.3 Å². The van der Waals surface area contributed by atoms with Gasteiger partial charge in [-0.25, -0.2) is 9.97 Å². The smallest absolute Gasteiger partial charge is 0.256 e. The molecule has 0 aliphatic carbocycles. The summed E-state index contributed by atoms with van der Waals surface area (Å²) in [6.45, 7) is 7.55. The van der Waals surface area contributed by atoms with Crippen molar-refractivity contribution in [1.82, 2.24) is 20.2 Å². The van der Waals surface area contributed by atoms with Gasteiger partial charge in [0.2, 0.25) is 11.9 Å². The lowest BCUT2D eigenvalue weighted by Gasteiger charge is -2.25. The molecule has 1 aromatic carbocycles. The minimum atomic E-state index is -0.597. The predicted molar refractivity (Wildman–Crippen MR) is 145 cm³/mol. The highest BCUT2D eigenvalue weighted by atomic mass is 35.5. The fourth-order valence-electron chi connectivity index (χ4n) is 4.67. The zero-order valence-corrected chi connectivity index (χ0v) is 22.7. The number of aryl methyl sites for hydroxylation is 1. The summed E-state index contributed by atoms with van der Waals surface area (Å²) >= 11 is 7.92. The van der Waals surface area contributed by atoms with Crippen LogP contribution in [0.1, 0.15) is 59.1 Å². The Kier molecular flexibility index (Phi) is 7.46. The van der Waals surface area contributed by atoms with E-state index >= 15 is 0 Å². The van der Waals surface area contributed by atoms with Crippen molar-refractivity contribution in [1.29, 1.82) is 0 Å². The molecule has 5 rings (SSSR count). The number of halogens is 1. The highest BCUT2D eigenvalue weighted by Crippen LogP contribution is 2.39. The van der Waals surface area contributed by atoms with Crippen LogP contribution in [0.3, 0.4) is 0 Å². The number of carbonyl (C=O) groups excluding carboxylic acids is 2. The van der Waals surface area contributed by atoms with E-state index in [9.17, 15) is 9.59 Å². The molecule has 37 heavy (non-hydrogen) atoms. The molecule has 0 unspecified atom stereocenters. The van der Waals surface area contributed by atoms with E-state index in [1.807, 2.05) is 38.1 Å². The van der Waals surface area contributed by atoms with Crippen LogP contribution in [0.15, 0.2) is 36.5 Å². The van der Waals surface area contributed by atoms with E-state index in [2.05, 4.69) is 26.7 Å². The number of rotatable bonds is 7. The van der Waals surface area contributed by atoms with Gasteiger partial charge in [-0.05, 0) is 45.2 Å².